The number of hydrogen-bond donors (Lipinski definition) is 0. The maximum atomic E-state index is 6.30. The lowest BCUT2D eigenvalue weighted by Gasteiger charge is -2.37. The highest BCUT2D eigenvalue weighted by Crippen LogP contribution is 2.54. The number of aryl methyl sites for hydroxylation is 1. The van der Waals surface area contributed by atoms with Gasteiger partial charge >= 0.3 is 0 Å². The first-order valence-corrected chi connectivity index (χ1v) is 8.59. The maximum absolute atomic E-state index is 6.30. The Balaban J connectivity index is 1.88. The fourth-order valence-corrected chi connectivity index (χ4v) is 4.80. The minimum absolute atomic E-state index is 0.514. The molecule has 4 rings (SSSR count). The lowest BCUT2D eigenvalue weighted by molar-refractivity contribution is 0.127. The molecular weight excluding hydrogens is 290 g/mol. The number of piperidine rings is 1. The van der Waals surface area contributed by atoms with Crippen LogP contribution in [-0.4, -0.2) is 18.5 Å². The van der Waals surface area contributed by atoms with Crippen molar-refractivity contribution < 1.29 is 0 Å². The molecule has 2 aromatic rings. The molecular formula is C20H22ClN. The van der Waals surface area contributed by atoms with E-state index in [-0.39, 0.29) is 0 Å². The molecule has 0 amide bonds. The standard InChI is InChI=1S/C20H22ClN/c1-13-5-3-6-14(11-13)19-16-9-8-15(21)12-18(16)20-17(19)7-4-10-22(20)2/h3,5-6,8-9,11-12,17,19-20H,4,7,10H2,1-2H3. The molecule has 2 heteroatoms. The van der Waals surface area contributed by atoms with E-state index in [1.54, 1.807) is 0 Å². The molecule has 1 fully saturated rings. The van der Waals surface area contributed by atoms with Crippen molar-refractivity contribution >= 4 is 11.6 Å². The molecule has 0 radical (unpaired) electrons. The van der Waals surface area contributed by atoms with Crippen molar-refractivity contribution in [1.29, 1.82) is 0 Å². The van der Waals surface area contributed by atoms with E-state index in [1.165, 1.54) is 41.6 Å². The number of rotatable bonds is 1. The van der Waals surface area contributed by atoms with Crippen LogP contribution in [0.2, 0.25) is 5.02 Å². The first-order valence-electron chi connectivity index (χ1n) is 8.21. The van der Waals surface area contributed by atoms with Crippen LogP contribution >= 0.6 is 11.6 Å². The second-order valence-electron chi connectivity index (χ2n) is 6.90. The average Bonchev–Trinajstić information content (AvgIpc) is 2.82. The molecule has 2 aromatic carbocycles. The fraction of sp³-hybridized carbons (Fsp3) is 0.400. The van der Waals surface area contributed by atoms with Crippen LogP contribution < -0.4 is 0 Å². The van der Waals surface area contributed by atoms with Crippen LogP contribution in [0.3, 0.4) is 0 Å². The van der Waals surface area contributed by atoms with Gasteiger partial charge in [-0.3, -0.25) is 4.90 Å². The van der Waals surface area contributed by atoms with Crippen LogP contribution in [0.5, 0.6) is 0 Å². The van der Waals surface area contributed by atoms with E-state index < -0.39 is 0 Å². The summed E-state index contributed by atoms with van der Waals surface area (Å²) in [6.07, 6.45) is 2.60. The second kappa shape index (κ2) is 5.40. The van der Waals surface area contributed by atoms with Gasteiger partial charge in [0.2, 0.25) is 0 Å². The molecule has 1 nitrogen and oxygen atoms in total. The Hall–Kier alpha value is -1.31. The highest BCUT2D eigenvalue weighted by molar-refractivity contribution is 6.30. The van der Waals surface area contributed by atoms with Gasteiger partial charge in [0, 0.05) is 17.0 Å². The van der Waals surface area contributed by atoms with Crippen LogP contribution in [0.15, 0.2) is 42.5 Å². The Morgan fingerprint density at radius 1 is 1.09 bits per heavy atom. The summed E-state index contributed by atoms with van der Waals surface area (Å²) >= 11 is 6.30. The first kappa shape index (κ1) is 14.3. The van der Waals surface area contributed by atoms with E-state index in [0.717, 1.165) is 5.02 Å². The van der Waals surface area contributed by atoms with Gasteiger partial charge in [-0.05, 0) is 68.1 Å². The Bertz CT molecular complexity index is 709. The number of fused-ring (bicyclic) bond motifs is 3. The molecule has 3 atom stereocenters. The predicted octanol–water partition coefficient (Wildman–Crippen LogP) is 5.18. The van der Waals surface area contributed by atoms with E-state index in [0.29, 0.717) is 17.9 Å². The second-order valence-corrected chi connectivity index (χ2v) is 7.33. The fourth-order valence-electron chi connectivity index (χ4n) is 4.62. The molecule has 3 unspecified atom stereocenters. The van der Waals surface area contributed by atoms with E-state index in [1.807, 2.05) is 0 Å². The Labute approximate surface area is 137 Å². The maximum Gasteiger partial charge on any atom is 0.0409 e. The monoisotopic (exact) mass is 311 g/mol. The molecule has 1 aliphatic carbocycles. The molecule has 0 spiro atoms. The van der Waals surface area contributed by atoms with E-state index in [9.17, 15) is 0 Å². The SMILES string of the molecule is Cc1cccc(C2c3ccc(Cl)cc3C3C2CCCN3C)c1. The normalized spacial score (nSPS) is 27.5. The number of halogens is 1. The zero-order valence-electron chi connectivity index (χ0n) is 13.2. The molecule has 0 N–H and O–H groups in total. The van der Waals surface area contributed by atoms with E-state index >= 15 is 0 Å². The molecule has 0 saturated carbocycles. The van der Waals surface area contributed by atoms with Gasteiger partial charge in [0.25, 0.3) is 0 Å². The van der Waals surface area contributed by atoms with Crippen LogP contribution in [-0.2, 0) is 0 Å². The predicted molar refractivity (Wildman–Crippen MR) is 92.6 cm³/mol. The summed E-state index contributed by atoms with van der Waals surface area (Å²) in [5.74, 6) is 1.19. The lowest BCUT2D eigenvalue weighted by Crippen LogP contribution is -2.34. The summed E-state index contributed by atoms with van der Waals surface area (Å²) in [4.78, 5) is 2.53. The van der Waals surface area contributed by atoms with Crippen molar-refractivity contribution in [3.05, 3.63) is 69.7 Å². The number of likely N-dealkylation sites (tertiary alicyclic amines) is 1. The van der Waals surface area contributed by atoms with Crippen LogP contribution in [0.25, 0.3) is 0 Å². The summed E-state index contributed by atoms with van der Waals surface area (Å²) in [7, 11) is 2.26. The molecule has 1 saturated heterocycles. The molecule has 114 valence electrons. The smallest absolute Gasteiger partial charge is 0.0409 e. The van der Waals surface area contributed by atoms with Crippen molar-refractivity contribution in [3.8, 4) is 0 Å². The van der Waals surface area contributed by atoms with E-state index in [2.05, 4.69) is 61.3 Å². The highest BCUT2D eigenvalue weighted by Gasteiger charge is 2.44. The molecule has 0 bridgehead atoms. The summed E-state index contributed by atoms with van der Waals surface area (Å²) in [6, 6.07) is 16.1. The number of nitrogens with zero attached hydrogens (tertiary/aromatic N) is 1. The summed E-state index contributed by atoms with van der Waals surface area (Å²) < 4.78 is 0. The quantitative estimate of drug-likeness (QED) is 0.701. The van der Waals surface area contributed by atoms with Gasteiger partial charge in [0.15, 0.2) is 0 Å². The van der Waals surface area contributed by atoms with Gasteiger partial charge in [-0.25, -0.2) is 0 Å². The third-order valence-corrected chi connectivity index (χ3v) is 5.70. The van der Waals surface area contributed by atoms with Crippen LogP contribution in [0.4, 0.5) is 0 Å². The van der Waals surface area contributed by atoms with Crippen molar-refractivity contribution in [2.24, 2.45) is 5.92 Å². The summed E-state index contributed by atoms with van der Waals surface area (Å²) in [5, 5.41) is 0.862. The summed E-state index contributed by atoms with van der Waals surface area (Å²) in [5.41, 5.74) is 5.75. The van der Waals surface area contributed by atoms with Crippen molar-refractivity contribution in [3.63, 3.8) is 0 Å². The van der Waals surface area contributed by atoms with Gasteiger partial charge in [-0.2, -0.15) is 0 Å². The first-order chi connectivity index (χ1) is 10.6. The Morgan fingerprint density at radius 3 is 2.77 bits per heavy atom. The van der Waals surface area contributed by atoms with Gasteiger partial charge in [-0.1, -0.05) is 47.5 Å². The van der Waals surface area contributed by atoms with Gasteiger partial charge in [0.05, 0.1) is 0 Å². The zero-order valence-corrected chi connectivity index (χ0v) is 14.0. The van der Waals surface area contributed by atoms with Crippen LogP contribution in [0.1, 0.15) is 47.1 Å². The zero-order chi connectivity index (χ0) is 15.3. The van der Waals surface area contributed by atoms with Crippen molar-refractivity contribution in [1.82, 2.24) is 4.90 Å². The van der Waals surface area contributed by atoms with Crippen molar-refractivity contribution in [2.45, 2.75) is 31.7 Å². The number of hydrogen-bond acceptors (Lipinski definition) is 1. The highest BCUT2D eigenvalue weighted by atomic mass is 35.5. The van der Waals surface area contributed by atoms with Crippen molar-refractivity contribution in [2.75, 3.05) is 13.6 Å². The molecule has 2 aliphatic rings. The largest absolute Gasteiger partial charge is 0.299 e. The molecule has 22 heavy (non-hydrogen) atoms. The third-order valence-electron chi connectivity index (χ3n) is 5.46. The number of benzene rings is 2. The van der Waals surface area contributed by atoms with Crippen LogP contribution in [0, 0.1) is 12.8 Å². The molecule has 1 heterocycles. The minimum atomic E-state index is 0.514. The van der Waals surface area contributed by atoms with Gasteiger partial charge in [0.1, 0.15) is 0 Å². The minimum Gasteiger partial charge on any atom is -0.299 e. The summed E-state index contributed by atoms with van der Waals surface area (Å²) in [6.45, 7) is 3.37. The molecule has 0 aromatic heterocycles. The molecule has 1 aliphatic heterocycles. The van der Waals surface area contributed by atoms with Gasteiger partial charge in [-0.15, -0.1) is 0 Å². The topological polar surface area (TPSA) is 3.24 Å². The average molecular weight is 312 g/mol. The Kier molecular flexibility index (Phi) is 3.51. The Morgan fingerprint density at radius 2 is 1.95 bits per heavy atom. The van der Waals surface area contributed by atoms with Gasteiger partial charge < -0.3 is 0 Å². The lowest BCUT2D eigenvalue weighted by atomic mass is 9.80. The van der Waals surface area contributed by atoms with E-state index in [4.69, 9.17) is 11.6 Å². The third kappa shape index (κ3) is 2.19.